The molecule has 7 nitrogen and oxygen atoms in total. The van der Waals surface area contributed by atoms with Crippen LogP contribution in [0.25, 0.3) is 0 Å². The van der Waals surface area contributed by atoms with Crippen molar-refractivity contribution in [2.75, 3.05) is 11.5 Å². The van der Waals surface area contributed by atoms with Crippen LogP contribution in [0, 0.1) is 0 Å². The Labute approximate surface area is 128 Å². The second-order valence-corrected chi connectivity index (χ2v) is 6.01. The summed E-state index contributed by atoms with van der Waals surface area (Å²) in [6.07, 6.45) is 0.282. The molecule has 0 saturated carbocycles. The summed E-state index contributed by atoms with van der Waals surface area (Å²) in [5, 5.41) is 17.9. The molecule has 0 radical (unpaired) electrons. The molecule has 0 fully saturated rings. The van der Waals surface area contributed by atoms with Crippen molar-refractivity contribution >= 4 is 58.5 Å². The molecule has 0 aromatic rings. The van der Waals surface area contributed by atoms with E-state index in [0.29, 0.717) is 5.75 Å². The van der Waals surface area contributed by atoms with Crippen LogP contribution < -0.4 is 4.33 Å². The molecule has 0 aliphatic rings. The standard InChI is InChI=1S/C9H16N2O5S2Se/c1-5(12)11(7(4-18)9(15)16)19-10-6(2-3-17)8(13)14/h6-7,10,17-18H,2-4H2,1H3,(H,13,14)(H,15,16)/t6-,7-/m0/s1. The summed E-state index contributed by atoms with van der Waals surface area (Å²) in [5.74, 6) is -2.34. The molecule has 0 saturated heterocycles. The zero-order valence-corrected chi connectivity index (χ0v) is 13.6. The Morgan fingerprint density at radius 3 is 2.16 bits per heavy atom. The number of nitrogens with zero attached hydrogens (tertiary/aromatic N) is 1. The van der Waals surface area contributed by atoms with Gasteiger partial charge in [0, 0.05) is 0 Å². The Bertz CT molecular complexity index is 345. The molecule has 0 aromatic carbocycles. The van der Waals surface area contributed by atoms with Gasteiger partial charge in [0.25, 0.3) is 0 Å². The number of thiol groups is 2. The average molecular weight is 375 g/mol. The summed E-state index contributed by atoms with van der Waals surface area (Å²) in [6, 6.07) is -1.92. The predicted molar refractivity (Wildman–Crippen MR) is 76.6 cm³/mol. The van der Waals surface area contributed by atoms with Crippen molar-refractivity contribution in [2.24, 2.45) is 0 Å². The molecule has 10 heteroatoms. The minimum atomic E-state index is -1.17. The molecular weight excluding hydrogens is 359 g/mol. The normalized spacial score (nSPS) is 13.6. The van der Waals surface area contributed by atoms with Crippen LogP contribution in [0.3, 0.4) is 0 Å². The van der Waals surface area contributed by atoms with E-state index in [-0.39, 0.29) is 12.2 Å². The zero-order valence-electron chi connectivity index (χ0n) is 10.1. The number of carboxylic acid groups (broad SMARTS) is 2. The van der Waals surface area contributed by atoms with Gasteiger partial charge in [-0.3, -0.25) is 0 Å². The van der Waals surface area contributed by atoms with Crippen LogP contribution >= 0.6 is 25.3 Å². The SMILES string of the molecule is CC(=O)N([Se]N[C@@H](CCS)C(=O)O)[C@@H](CS)C(=O)O. The van der Waals surface area contributed by atoms with Crippen LogP contribution in [0.2, 0.25) is 0 Å². The van der Waals surface area contributed by atoms with Gasteiger partial charge in [-0.1, -0.05) is 0 Å². The number of carbonyl (C=O) groups is 3. The summed E-state index contributed by atoms with van der Waals surface area (Å²) in [5.41, 5.74) is 0. The number of carbonyl (C=O) groups excluding carboxylic acids is 1. The maximum absolute atomic E-state index is 11.4. The number of hydrogen-bond donors (Lipinski definition) is 5. The van der Waals surface area contributed by atoms with Gasteiger partial charge in [-0.2, -0.15) is 0 Å². The fourth-order valence-electron chi connectivity index (χ4n) is 1.08. The van der Waals surface area contributed by atoms with E-state index >= 15 is 0 Å². The van der Waals surface area contributed by atoms with Crippen LogP contribution in [0.15, 0.2) is 0 Å². The van der Waals surface area contributed by atoms with Gasteiger partial charge in [0.1, 0.15) is 0 Å². The molecule has 0 unspecified atom stereocenters. The Balaban J connectivity index is 4.71. The molecule has 1 amide bonds. The van der Waals surface area contributed by atoms with Crippen LogP contribution in [0.5, 0.6) is 0 Å². The molecule has 0 rings (SSSR count). The van der Waals surface area contributed by atoms with E-state index in [2.05, 4.69) is 29.6 Å². The average Bonchev–Trinajstić information content (AvgIpc) is 2.31. The molecular formula is C9H16N2O5S2Se. The molecule has 2 atom stereocenters. The number of aliphatic carboxylic acids is 2. The van der Waals surface area contributed by atoms with Gasteiger partial charge in [0.2, 0.25) is 0 Å². The second-order valence-electron chi connectivity index (χ2n) is 3.49. The van der Waals surface area contributed by atoms with Gasteiger partial charge in [0.05, 0.1) is 0 Å². The van der Waals surface area contributed by atoms with E-state index in [9.17, 15) is 14.4 Å². The van der Waals surface area contributed by atoms with Crippen molar-refractivity contribution in [1.29, 1.82) is 0 Å². The molecule has 0 aromatic heterocycles. The monoisotopic (exact) mass is 376 g/mol. The van der Waals surface area contributed by atoms with E-state index in [1.165, 1.54) is 6.92 Å². The third-order valence-corrected chi connectivity index (χ3v) is 4.97. The first-order valence-corrected chi connectivity index (χ1v) is 8.13. The first kappa shape index (κ1) is 18.6. The Morgan fingerprint density at radius 1 is 1.26 bits per heavy atom. The summed E-state index contributed by atoms with van der Waals surface area (Å²) < 4.78 is 3.79. The molecule has 0 aliphatic carbocycles. The van der Waals surface area contributed by atoms with E-state index in [4.69, 9.17) is 10.2 Å². The molecule has 0 heterocycles. The Kier molecular flexibility index (Phi) is 9.28. The van der Waals surface area contributed by atoms with Crippen LogP contribution in [0.1, 0.15) is 13.3 Å². The van der Waals surface area contributed by atoms with Crippen LogP contribution in [-0.2, 0) is 14.4 Å². The molecule has 0 aliphatic heterocycles. The number of hydrogen-bond acceptors (Lipinski definition) is 6. The molecule has 0 spiro atoms. The maximum atomic E-state index is 11.4. The number of rotatable bonds is 9. The van der Waals surface area contributed by atoms with Gasteiger partial charge in [0.15, 0.2) is 0 Å². The predicted octanol–water partition coefficient (Wildman–Crippen LogP) is -0.885. The molecule has 19 heavy (non-hydrogen) atoms. The number of amides is 1. The zero-order chi connectivity index (χ0) is 15.0. The van der Waals surface area contributed by atoms with Crippen molar-refractivity contribution < 1.29 is 24.6 Å². The first-order valence-electron chi connectivity index (χ1n) is 5.24. The van der Waals surface area contributed by atoms with Crippen molar-refractivity contribution in [3.05, 3.63) is 0 Å². The number of carboxylic acids is 2. The summed E-state index contributed by atoms with van der Waals surface area (Å²) in [6.45, 7) is 1.23. The van der Waals surface area contributed by atoms with Gasteiger partial charge in [-0.25, -0.2) is 0 Å². The first-order chi connectivity index (χ1) is 8.84. The van der Waals surface area contributed by atoms with Gasteiger partial charge in [-0.05, 0) is 0 Å². The van der Waals surface area contributed by atoms with Gasteiger partial charge < -0.3 is 0 Å². The molecule has 110 valence electrons. The van der Waals surface area contributed by atoms with Crippen molar-refractivity contribution in [1.82, 2.24) is 8.25 Å². The fourth-order valence-corrected chi connectivity index (χ4v) is 3.75. The topological polar surface area (TPSA) is 107 Å². The molecule has 0 bridgehead atoms. The van der Waals surface area contributed by atoms with Gasteiger partial charge >= 0.3 is 128 Å². The van der Waals surface area contributed by atoms with E-state index < -0.39 is 45.3 Å². The van der Waals surface area contributed by atoms with E-state index in [1.54, 1.807) is 0 Å². The summed E-state index contributed by atoms with van der Waals surface area (Å²) in [4.78, 5) is 33.3. The quantitative estimate of drug-likeness (QED) is 0.265. The van der Waals surface area contributed by atoms with E-state index in [1.807, 2.05) is 0 Å². The van der Waals surface area contributed by atoms with Crippen molar-refractivity contribution in [3.8, 4) is 0 Å². The number of nitrogens with one attached hydrogen (secondary N) is 1. The fraction of sp³-hybridized carbons (Fsp3) is 0.667. The van der Waals surface area contributed by atoms with Crippen LogP contribution in [-0.4, -0.2) is 71.0 Å². The van der Waals surface area contributed by atoms with Gasteiger partial charge in [-0.15, -0.1) is 0 Å². The third kappa shape index (κ3) is 6.53. The summed E-state index contributed by atoms with van der Waals surface area (Å²) in [7, 11) is 0. The third-order valence-electron chi connectivity index (χ3n) is 2.06. The van der Waals surface area contributed by atoms with Crippen molar-refractivity contribution in [2.45, 2.75) is 25.4 Å². The molecule has 3 N–H and O–H groups in total. The van der Waals surface area contributed by atoms with Crippen molar-refractivity contribution in [3.63, 3.8) is 0 Å². The van der Waals surface area contributed by atoms with E-state index in [0.717, 1.165) is 3.92 Å². The Hall–Kier alpha value is -0.411. The summed E-state index contributed by atoms with van der Waals surface area (Å²) >= 11 is 7.05. The Morgan fingerprint density at radius 2 is 1.84 bits per heavy atom. The minimum absolute atomic E-state index is 0.0390. The van der Waals surface area contributed by atoms with Crippen LogP contribution in [0.4, 0.5) is 0 Å². The second kappa shape index (κ2) is 9.49.